The molecule has 0 radical (unpaired) electrons. The largest absolute Gasteiger partial charge is 0.351 e. The van der Waals surface area contributed by atoms with Gasteiger partial charge < -0.3 is 9.88 Å². The van der Waals surface area contributed by atoms with E-state index in [4.69, 9.17) is 0 Å². The Hall–Kier alpha value is -2.14. The quantitative estimate of drug-likeness (QED) is 0.940. The molecule has 0 aliphatic carbocycles. The van der Waals surface area contributed by atoms with Crippen LogP contribution >= 0.6 is 0 Å². The Balaban J connectivity index is 1.71. The van der Waals surface area contributed by atoms with Crippen LogP contribution in [-0.2, 0) is 11.3 Å². The van der Waals surface area contributed by atoms with Crippen molar-refractivity contribution in [3.05, 3.63) is 48.0 Å². The lowest BCUT2D eigenvalue weighted by atomic mass is 10.1. The number of nitrogens with one attached hydrogen (secondary N) is 1. The van der Waals surface area contributed by atoms with Crippen LogP contribution in [0.1, 0.15) is 37.1 Å². The van der Waals surface area contributed by atoms with Gasteiger partial charge in [-0.05, 0) is 45.0 Å². The van der Waals surface area contributed by atoms with E-state index in [-0.39, 0.29) is 11.9 Å². The average molecular weight is 326 g/mol. The Morgan fingerprint density at radius 3 is 2.92 bits per heavy atom. The summed E-state index contributed by atoms with van der Waals surface area (Å²) in [5.41, 5.74) is 2.17. The summed E-state index contributed by atoms with van der Waals surface area (Å²) >= 11 is 0. The summed E-state index contributed by atoms with van der Waals surface area (Å²) in [6.07, 6.45) is 8.23. The highest BCUT2D eigenvalue weighted by atomic mass is 16.2. The summed E-state index contributed by atoms with van der Waals surface area (Å²) < 4.78 is 2.05. The standard InChI is InChI=1S/C19H26N4O/c1-15-20-11-13-23(15)17-9-6-5-8-16(17)14-21-19(24)18-10-4-3-7-12-22(18)2/h5-6,8-9,11,13,18H,3-4,7,10,12,14H2,1-2H3,(H,21,24)/t18-/m1/s1. The summed E-state index contributed by atoms with van der Waals surface area (Å²) in [6.45, 7) is 3.52. The van der Waals surface area contributed by atoms with Gasteiger partial charge in [-0.2, -0.15) is 0 Å². The van der Waals surface area contributed by atoms with Crippen LogP contribution < -0.4 is 5.32 Å². The predicted octanol–water partition coefficient (Wildman–Crippen LogP) is 2.67. The third-order valence-corrected chi connectivity index (χ3v) is 4.85. The van der Waals surface area contributed by atoms with Gasteiger partial charge in [0.2, 0.25) is 5.91 Å². The number of benzene rings is 1. The van der Waals surface area contributed by atoms with Crippen LogP contribution in [0, 0.1) is 6.92 Å². The van der Waals surface area contributed by atoms with E-state index >= 15 is 0 Å². The first-order valence-electron chi connectivity index (χ1n) is 8.73. The van der Waals surface area contributed by atoms with E-state index in [9.17, 15) is 4.79 Å². The van der Waals surface area contributed by atoms with Crippen molar-refractivity contribution in [2.24, 2.45) is 0 Å². The number of nitrogens with zero attached hydrogens (tertiary/aromatic N) is 3. The van der Waals surface area contributed by atoms with Gasteiger partial charge in [0.25, 0.3) is 0 Å². The molecule has 5 nitrogen and oxygen atoms in total. The summed E-state index contributed by atoms with van der Waals surface area (Å²) in [5, 5.41) is 3.13. The van der Waals surface area contributed by atoms with E-state index in [2.05, 4.69) is 38.9 Å². The lowest BCUT2D eigenvalue weighted by Gasteiger charge is -2.24. The number of carbonyl (C=O) groups is 1. The lowest BCUT2D eigenvalue weighted by molar-refractivity contribution is -0.126. The number of imidazole rings is 1. The number of likely N-dealkylation sites (N-methyl/N-ethyl adjacent to an activating group) is 1. The first-order chi connectivity index (χ1) is 11.7. The maximum absolute atomic E-state index is 12.6. The molecule has 3 rings (SSSR count). The van der Waals surface area contributed by atoms with Crippen molar-refractivity contribution in [3.8, 4) is 5.69 Å². The number of amides is 1. The van der Waals surface area contributed by atoms with Crippen LogP contribution in [0.5, 0.6) is 0 Å². The lowest BCUT2D eigenvalue weighted by Crippen LogP contribution is -2.44. The number of para-hydroxylation sites is 1. The van der Waals surface area contributed by atoms with Crippen LogP contribution in [0.3, 0.4) is 0 Å². The number of hydrogen-bond donors (Lipinski definition) is 1. The Bertz CT molecular complexity index is 694. The molecular formula is C19H26N4O. The molecule has 1 fully saturated rings. The molecule has 2 aromatic rings. The van der Waals surface area contributed by atoms with Gasteiger partial charge in [0.05, 0.1) is 11.7 Å². The molecule has 0 bridgehead atoms. The molecule has 0 spiro atoms. The molecule has 128 valence electrons. The highest BCUT2D eigenvalue weighted by molar-refractivity contribution is 5.81. The van der Waals surface area contributed by atoms with E-state index in [1.54, 1.807) is 6.20 Å². The second-order valence-electron chi connectivity index (χ2n) is 6.54. The zero-order valence-corrected chi connectivity index (χ0v) is 14.5. The average Bonchev–Trinajstić information content (AvgIpc) is 2.89. The number of rotatable bonds is 4. The van der Waals surface area contributed by atoms with Gasteiger partial charge in [0.1, 0.15) is 5.82 Å². The van der Waals surface area contributed by atoms with E-state index in [0.29, 0.717) is 6.54 Å². The molecule has 1 N–H and O–H groups in total. The van der Waals surface area contributed by atoms with Crippen molar-refractivity contribution in [2.75, 3.05) is 13.6 Å². The molecular weight excluding hydrogens is 300 g/mol. The molecule has 0 unspecified atom stereocenters. The Kier molecular flexibility index (Phi) is 5.30. The third-order valence-electron chi connectivity index (χ3n) is 4.85. The molecule has 5 heteroatoms. The summed E-state index contributed by atoms with van der Waals surface area (Å²) in [5.74, 6) is 1.08. The first kappa shape index (κ1) is 16.7. The molecule has 1 saturated heterocycles. The van der Waals surface area contributed by atoms with Crippen molar-refractivity contribution >= 4 is 5.91 Å². The van der Waals surface area contributed by atoms with E-state index in [1.165, 1.54) is 12.8 Å². The summed E-state index contributed by atoms with van der Waals surface area (Å²) in [4.78, 5) is 19.1. The van der Waals surface area contributed by atoms with Crippen LogP contribution in [-0.4, -0.2) is 40.0 Å². The van der Waals surface area contributed by atoms with Gasteiger partial charge in [-0.3, -0.25) is 9.69 Å². The molecule has 1 atom stereocenters. The van der Waals surface area contributed by atoms with Crippen molar-refractivity contribution in [1.29, 1.82) is 0 Å². The number of aromatic nitrogens is 2. The fraction of sp³-hybridized carbons (Fsp3) is 0.474. The summed E-state index contributed by atoms with van der Waals surface area (Å²) in [6, 6.07) is 8.14. The molecule has 24 heavy (non-hydrogen) atoms. The fourth-order valence-electron chi connectivity index (χ4n) is 3.41. The topological polar surface area (TPSA) is 50.2 Å². The number of carbonyl (C=O) groups excluding carboxylic acids is 1. The van der Waals surface area contributed by atoms with Crippen LogP contribution in [0.15, 0.2) is 36.7 Å². The van der Waals surface area contributed by atoms with Crippen molar-refractivity contribution in [3.63, 3.8) is 0 Å². The SMILES string of the molecule is Cc1nccn1-c1ccccc1CNC(=O)[C@H]1CCCCCN1C. The summed E-state index contributed by atoms with van der Waals surface area (Å²) in [7, 11) is 2.05. The predicted molar refractivity (Wildman–Crippen MR) is 95.0 cm³/mol. The number of aryl methyl sites for hydroxylation is 1. The number of hydrogen-bond acceptors (Lipinski definition) is 3. The highest BCUT2D eigenvalue weighted by Crippen LogP contribution is 2.18. The second-order valence-corrected chi connectivity index (χ2v) is 6.54. The van der Waals surface area contributed by atoms with E-state index in [1.807, 2.05) is 25.3 Å². The molecule has 2 heterocycles. The molecule has 1 aliphatic rings. The molecule has 1 aromatic carbocycles. The zero-order valence-electron chi connectivity index (χ0n) is 14.5. The second kappa shape index (κ2) is 7.62. The highest BCUT2D eigenvalue weighted by Gasteiger charge is 2.24. The first-order valence-corrected chi connectivity index (χ1v) is 8.73. The van der Waals surface area contributed by atoms with Gasteiger partial charge in [-0.25, -0.2) is 4.98 Å². The maximum Gasteiger partial charge on any atom is 0.237 e. The number of likely N-dealkylation sites (tertiary alicyclic amines) is 1. The fourth-order valence-corrected chi connectivity index (χ4v) is 3.41. The molecule has 1 aliphatic heterocycles. The van der Waals surface area contributed by atoms with Crippen LogP contribution in [0.4, 0.5) is 0 Å². The Labute approximate surface area is 143 Å². The Morgan fingerprint density at radius 1 is 1.29 bits per heavy atom. The zero-order chi connectivity index (χ0) is 16.9. The molecule has 1 aromatic heterocycles. The van der Waals surface area contributed by atoms with Gasteiger partial charge in [0.15, 0.2) is 0 Å². The van der Waals surface area contributed by atoms with Crippen molar-refractivity contribution < 1.29 is 4.79 Å². The molecule has 1 amide bonds. The van der Waals surface area contributed by atoms with Crippen LogP contribution in [0.2, 0.25) is 0 Å². The smallest absolute Gasteiger partial charge is 0.237 e. The van der Waals surface area contributed by atoms with E-state index < -0.39 is 0 Å². The van der Waals surface area contributed by atoms with Crippen molar-refractivity contribution in [2.45, 2.75) is 45.2 Å². The van der Waals surface area contributed by atoms with Gasteiger partial charge in [-0.1, -0.05) is 31.0 Å². The minimum Gasteiger partial charge on any atom is -0.351 e. The van der Waals surface area contributed by atoms with Gasteiger partial charge in [0, 0.05) is 18.9 Å². The minimum atomic E-state index is -0.00496. The van der Waals surface area contributed by atoms with Gasteiger partial charge >= 0.3 is 0 Å². The van der Waals surface area contributed by atoms with Crippen LogP contribution in [0.25, 0.3) is 5.69 Å². The monoisotopic (exact) mass is 326 g/mol. The molecule has 0 saturated carbocycles. The van der Waals surface area contributed by atoms with Gasteiger partial charge in [-0.15, -0.1) is 0 Å². The van der Waals surface area contributed by atoms with E-state index in [0.717, 1.165) is 36.5 Å². The minimum absolute atomic E-state index is 0.00496. The Morgan fingerprint density at radius 2 is 2.12 bits per heavy atom. The van der Waals surface area contributed by atoms with Crippen molar-refractivity contribution in [1.82, 2.24) is 19.8 Å². The third kappa shape index (κ3) is 3.67. The maximum atomic E-state index is 12.6. The normalized spacial score (nSPS) is 19.0.